The highest BCUT2D eigenvalue weighted by Crippen LogP contribution is 2.26. The van der Waals surface area contributed by atoms with Gasteiger partial charge >= 0.3 is 0 Å². The van der Waals surface area contributed by atoms with Crippen LogP contribution in [0.4, 0.5) is 0 Å². The van der Waals surface area contributed by atoms with Crippen LogP contribution in [0.25, 0.3) is 22.1 Å². The third-order valence-corrected chi connectivity index (χ3v) is 5.32. The molecule has 1 N–H and O–H groups in total. The number of phenolic OH excluding ortho intramolecular Hbond substituents is 1. The van der Waals surface area contributed by atoms with Crippen molar-refractivity contribution in [3.05, 3.63) is 61.9 Å². The molecule has 126 valence electrons. The largest absolute Gasteiger partial charge is 0.504 e. The van der Waals surface area contributed by atoms with Crippen LogP contribution in [0.1, 0.15) is 16.7 Å². The third kappa shape index (κ3) is 2.46. The first-order valence-electron chi connectivity index (χ1n) is 7.79. The van der Waals surface area contributed by atoms with Gasteiger partial charge in [0.05, 0.1) is 22.7 Å². The smallest absolute Gasteiger partial charge is 0.274 e. The Labute approximate surface area is 147 Å². The zero-order valence-electron chi connectivity index (χ0n) is 14.0. The topological polar surface area (TPSA) is 63.8 Å². The summed E-state index contributed by atoms with van der Waals surface area (Å²) in [5.41, 5.74) is 4.67. The molecule has 0 unspecified atom stereocenters. The van der Waals surface area contributed by atoms with Gasteiger partial charge in [-0.15, -0.1) is 0 Å². The second-order valence-corrected chi connectivity index (χ2v) is 7.01. The average molecular weight is 352 g/mol. The number of methoxy groups -OCH3 is 1. The Hall–Kier alpha value is -2.86. The quantitative estimate of drug-likeness (QED) is 0.602. The lowest BCUT2D eigenvalue weighted by Crippen LogP contribution is -2.22. The van der Waals surface area contributed by atoms with Crippen molar-refractivity contribution in [1.82, 2.24) is 9.38 Å². The van der Waals surface area contributed by atoms with Crippen LogP contribution in [-0.4, -0.2) is 21.6 Å². The van der Waals surface area contributed by atoms with E-state index in [0.29, 0.717) is 15.2 Å². The van der Waals surface area contributed by atoms with E-state index >= 15 is 0 Å². The molecular formula is C19H16N2O3S. The minimum atomic E-state index is -0.0854. The zero-order valence-corrected chi connectivity index (χ0v) is 14.8. The standard InChI is InChI=1S/C19H16N2O3S/c1-10-6-13-14(7-11(10)2)21-18(23)17(25-19(21)20-13)9-12-4-5-15(22)16(8-12)24-3/h4-9,22H,1-3H3/b17-9-. The van der Waals surface area contributed by atoms with Crippen LogP contribution in [0.15, 0.2) is 35.1 Å². The summed E-state index contributed by atoms with van der Waals surface area (Å²) < 4.78 is 7.37. The molecule has 0 radical (unpaired) electrons. The number of phenols is 1. The van der Waals surface area contributed by atoms with Gasteiger partial charge in [-0.3, -0.25) is 4.79 Å². The number of aromatic hydroxyl groups is 1. The van der Waals surface area contributed by atoms with Gasteiger partial charge < -0.3 is 9.84 Å². The predicted molar refractivity (Wildman–Crippen MR) is 99.8 cm³/mol. The van der Waals surface area contributed by atoms with Crippen molar-refractivity contribution < 1.29 is 9.84 Å². The van der Waals surface area contributed by atoms with Gasteiger partial charge in [-0.1, -0.05) is 17.4 Å². The van der Waals surface area contributed by atoms with E-state index in [1.54, 1.807) is 28.7 Å². The Morgan fingerprint density at radius 3 is 2.72 bits per heavy atom. The molecule has 25 heavy (non-hydrogen) atoms. The molecule has 0 fully saturated rings. The molecule has 0 atom stereocenters. The van der Waals surface area contributed by atoms with Crippen LogP contribution in [0, 0.1) is 13.8 Å². The number of nitrogens with zero attached hydrogens (tertiary/aromatic N) is 2. The lowest BCUT2D eigenvalue weighted by Gasteiger charge is -2.03. The maximum atomic E-state index is 12.8. The molecule has 0 bridgehead atoms. The number of hydrogen-bond donors (Lipinski definition) is 1. The van der Waals surface area contributed by atoms with Crippen molar-refractivity contribution in [1.29, 1.82) is 0 Å². The van der Waals surface area contributed by atoms with Crippen LogP contribution in [0.3, 0.4) is 0 Å². The van der Waals surface area contributed by atoms with Gasteiger partial charge in [-0.2, -0.15) is 0 Å². The number of thiazole rings is 1. The number of fused-ring (bicyclic) bond motifs is 3. The lowest BCUT2D eigenvalue weighted by molar-refractivity contribution is 0.373. The van der Waals surface area contributed by atoms with Gasteiger partial charge in [0.25, 0.3) is 5.56 Å². The van der Waals surface area contributed by atoms with E-state index in [9.17, 15) is 9.90 Å². The first-order valence-corrected chi connectivity index (χ1v) is 8.60. The maximum Gasteiger partial charge on any atom is 0.274 e. The Morgan fingerprint density at radius 2 is 1.96 bits per heavy atom. The van der Waals surface area contributed by atoms with Crippen LogP contribution < -0.4 is 14.8 Å². The van der Waals surface area contributed by atoms with Crippen LogP contribution in [-0.2, 0) is 0 Å². The lowest BCUT2D eigenvalue weighted by atomic mass is 10.1. The molecule has 6 heteroatoms. The van der Waals surface area contributed by atoms with Crippen molar-refractivity contribution in [3.8, 4) is 11.5 Å². The van der Waals surface area contributed by atoms with Crippen molar-refractivity contribution >= 4 is 33.4 Å². The Bertz CT molecular complexity index is 1240. The van der Waals surface area contributed by atoms with E-state index in [1.165, 1.54) is 18.4 Å². The monoisotopic (exact) mass is 352 g/mol. The fourth-order valence-electron chi connectivity index (χ4n) is 2.85. The molecular weight excluding hydrogens is 336 g/mol. The Kier molecular flexibility index (Phi) is 3.51. The van der Waals surface area contributed by atoms with Crippen LogP contribution >= 0.6 is 11.3 Å². The van der Waals surface area contributed by atoms with Gasteiger partial charge in [0, 0.05) is 0 Å². The highest BCUT2D eigenvalue weighted by atomic mass is 32.1. The summed E-state index contributed by atoms with van der Waals surface area (Å²) in [6.07, 6.45) is 1.79. The van der Waals surface area contributed by atoms with Crippen LogP contribution in [0.5, 0.6) is 11.5 Å². The molecule has 4 aromatic rings. The van der Waals surface area contributed by atoms with E-state index in [0.717, 1.165) is 27.7 Å². The summed E-state index contributed by atoms with van der Waals surface area (Å²) in [7, 11) is 1.49. The molecule has 0 aliphatic rings. The molecule has 0 spiro atoms. The first kappa shape index (κ1) is 15.7. The summed E-state index contributed by atoms with van der Waals surface area (Å²) in [4.78, 5) is 18.1. The molecule has 0 aliphatic carbocycles. The SMILES string of the molecule is COc1cc(/C=c2\sc3nc4cc(C)c(C)cc4n3c2=O)ccc1O. The second kappa shape index (κ2) is 5.60. The molecule has 2 heterocycles. The Balaban J connectivity index is 1.96. The van der Waals surface area contributed by atoms with Crippen molar-refractivity contribution in [2.75, 3.05) is 7.11 Å². The van der Waals surface area contributed by atoms with Crippen molar-refractivity contribution in [2.24, 2.45) is 0 Å². The molecule has 0 amide bonds. The van der Waals surface area contributed by atoms with Gasteiger partial charge in [0.1, 0.15) is 0 Å². The van der Waals surface area contributed by atoms with Gasteiger partial charge in [0.15, 0.2) is 16.5 Å². The van der Waals surface area contributed by atoms with E-state index < -0.39 is 0 Å². The second-order valence-electron chi connectivity index (χ2n) is 6.00. The number of benzene rings is 2. The highest BCUT2D eigenvalue weighted by Gasteiger charge is 2.12. The highest BCUT2D eigenvalue weighted by molar-refractivity contribution is 7.15. The van der Waals surface area contributed by atoms with Gasteiger partial charge in [0.2, 0.25) is 0 Å². The number of aromatic nitrogens is 2. The van der Waals surface area contributed by atoms with E-state index in [2.05, 4.69) is 4.98 Å². The summed E-state index contributed by atoms with van der Waals surface area (Å²) >= 11 is 1.35. The first-order chi connectivity index (χ1) is 12.0. The molecule has 0 saturated carbocycles. The fourth-order valence-corrected chi connectivity index (χ4v) is 3.84. The van der Waals surface area contributed by atoms with E-state index in [-0.39, 0.29) is 11.3 Å². The summed E-state index contributed by atoms with van der Waals surface area (Å²) in [6.45, 7) is 4.07. The third-order valence-electron chi connectivity index (χ3n) is 4.36. The maximum absolute atomic E-state index is 12.8. The number of aryl methyl sites for hydroxylation is 2. The van der Waals surface area contributed by atoms with E-state index in [4.69, 9.17) is 4.74 Å². The Morgan fingerprint density at radius 1 is 1.20 bits per heavy atom. The molecule has 0 saturated heterocycles. The number of hydrogen-bond acceptors (Lipinski definition) is 5. The minimum Gasteiger partial charge on any atom is -0.504 e. The minimum absolute atomic E-state index is 0.0693. The zero-order chi connectivity index (χ0) is 17.7. The fraction of sp³-hybridized carbons (Fsp3) is 0.158. The summed E-state index contributed by atoms with van der Waals surface area (Å²) in [5.74, 6) is 0.443. The number of imidazole rings is 1. The van der Waals surface area contributed by atoms with Gasteiger partial charge in [-0.25, -0.2) is 9.38 Å². The summed E-state index contributed by atoms with van der Waals surface area (Å²) in [6, 6.07) is 9.01. The van der Waals surface area contributed by atoms with Crippen LogP contribution in [0.2, 0.25) is 0 Å². The molecule has 2 aromatic heterocycles. The summed E-state index contributed by atoms with van der Waals surface area (Å²) in [5, 5.41) is 9.69. The molecule has 2 aromatic carbocycles. The molecule has 0 aliphatic heterocycles. The number of ether oxygens (including phenoxy) is 1. The molecule has 4 rings (SSSR count). The van der Waals surface area contributed by atoms with Gasteiger partial charge in [-0.05, 0) is 60.9 Å². The predicted octanol–water partition coefficient (Wildman–Crippen LogP) is 2.79. The number of rotatable bonds is 2. The van der Waals surface area contributed by atoms with Crippen molar-refractivity contribution in [2.45, 2.75) is 13.8 Å². The average Bonchev–Trinajstić information content (AvgIpc) is 3.07. The van der Waals surface area contributed by atoms with Crippen molar-refractivity contribution in [3.63, 3.8) is 0 Å². The molecule has 5 nitrogen and oxygen atoms in total. The van der Waals surface area contributed by atoms with E-state index in [1.807, 2.05) is 26.0 Å². The normalized spacial score (nSPS) is 12.4.